The third-order valence-corrected chi connectivity index (χ3v) is 4.41. The lowest BCUT2D eigenvalue weighted by atomic mass is 10.1. The minimum absolute atomic E-state index is 0.0378. The molecule has 21 heavy (non-hydrogen) atoms. The maximum atomic E-state index is 12.7. The molecule has 114 valence electrons. The van der Waals surface area contributed by atoms with Gasteiger partial charge in [0, 0.05) is 26.2 Å². The Hall–Kier alpha value is -1.75. The summed E-state index contributed by atoms with van der Waals surface area (Å²) in [6.45, 7) is 3.28. The van der Waals surface area contributed by atoms with Gasteiger partial charge in [-0.05, 0) is 38.6 Å². The van der Waals surface area contributed by atoms with Crippen LogP contribution in [-0.4, -0.2) is 62.1 Å². The summed E-state index contributed by atoms with van der Waals surface area (Å²) in [4.78, 5) is 16.9. The smallest absolute Gasteiger partial charge is 0.257 e. The summed E-state index contributed by atoms with van der Waals surface area (Å²) in [5.41, 5.74) is 1.57. The predicted molar refractivity (Wildman–Crippen MR) is 83.0 cm³/mol. The fourth-order valence-electron chi connectivity index (χ4n) is 3.15. The molecule has 0 aromatic heterocycles. The highest BCUT2D eigenvalue weighted by molar-refractivity contribution is 5.98. The maximum absolute atomic E-state index is 12.7. The molecule has 1 fully saturated rings. The largest absolute Gasteiger partial charge is 0.489 e. The van der Waals surface area contributed by atoms with Crippen molar-refractivity contribution in [3.8, 4) is 5.75 Å². The lowest BCUT2D eigenvalue weighted by Gasteiger charge is -2.27. The van der Waals surface area contributed by atoms with Gasteiger partial charge in [-0.25, -0.2) is 0 Å². The van der Waals surface area contributed by atoms with Crippen molar-refractivity contribution in [1.82, 2.24) is 9.80 Å². The van der Waals surface area contributed by atoms with Crippen molar-refractivity contribution >= 4 is 11.6 Å². The first-order valence-corrected chi connectivity index (χ1v) is 7.62. The van der Waals surface area contributed by atoms with E-state index in [4.69, 9.17) is 4.74 Å². The molecule has 0 spiro atoms. The molecule has 1 saturated heterocycles. The van der Waals surface area contributed by atoms with Crippen molar-refractivity contribution in [2.24, 2.45) is 0 Å². The number of benzene rings is 1. The molecule has 0 aliphatic carbocycles. The van der Waals surface area contributed by atoms with E-state index in [1.807, 2.05) is 30.1 Å². The molecule has 3 rings (SSSR count). The summed E-state index contributed by atoms with van der Waals surface area (Å²) in [5, 5.41) is 3.27. The summed E-state index contributed by atoms with van der Waals surface area (Å²) in [7, 11) is 4.01. The van der Waals surface area contributed by atoms with Crippen LogP contribution in [0, 0.1) is 0 Å². The number of likely N-dealkylation sites (tertiary alicyclic amines) is 1. The molecule has 0 radical (unpaired) electrons. The van der Waals surface area contributed by atoms with E-state index in [-0.39, 0.29) is 5.91 Å². The first-order valence-electron chi connectivity index (χ1n) is 7.62. The molecule has 1 N–H and O–H groups in total. The molecule has 2 aliphatic heterocycles. The molecule has 5 heteroatoms. The van der Waals surface area contributed by atoms with Crippen LogP contribution in [0.15, 0.2) is 18.2 Å². The van der Waals surface area contributed by atoms with Gasteiger partial charge in [-0.15, -0.1) is 0 Å². The van der Waals surface area contributed by atoms with E-state index in [0.29, 0.717) is 24.0 Å². The van der Waals surface area contributed by atoms with Crippen molar-refractivity contribution in [3.05, 3.63) is 23.8 Å². The van der Waals surface area contributed by atoms with E-state index in [1.54, 1.807) is 0 Å². The van der Waals surface area contributed by atoms with E-state index in [0.717, 1.165) is 25.3 Å². The summed E-state index contributed by atoms with van der Waals surface area (Å²) in [6.07, 6.45) is 2.38. The molecular formula is C16H23N3O2. The van der Waals surface area contributed by atoms with Gasteiger partial charge in [0.25, 0.3) is 5.91 Å². The fraction of sp³-hybridized carbons (Fsp3) is 0.562. The lowest BCUT2D eigenvalue weighted by molar-refractivity contribution is 0.0757. The number of ether oxygens (including phenoxy) is 1. The molecule has 1 unspecified atom stereocenters. The number of carbonyl (C=O) groups is 1. The number of anilines is 1. The molecule has 1 atom stereocenters. The SMILES string of the molecule is CN(CC1CCCN1C)C(=O)c1cccc2c1OCCN2. The van der Waals surface area contributed by atoms with Crippen LogP contribution in [0.5, 0.6) is 5.75 Å². The Morgan fingerprint density at radius 1 is 1.52 bits per heavy atom. The van der Waals surface area contributed by atoms with Crippen molar-refractivity contribution in [2.75, 3.05) is 45.7 Å². The van der Waals surface area contributed by atoms with Crippen molar-refractivity contribution in [2.45, 2.75) is 18.9 Å². The predicted octanol–water partition coefficient (Wildman–Crippen LogP) is 1.66. The van der Waals surface area contributed by atoms with Crippen LogP contribution >= 0.6 is 0 Å². The highest BCUT2D eigenvalue weighted by Gasteiger charge is 2.26. The second kappa shape index (κ2) is 5.93. The Bertz CT molecular complexity index is 532. The van der Waals surface area contributed by atoms with E-state index in [1.165, 1.54) is 12.8 Å². The number of hydrogen-bond donors (Lipinski definition) is 1. The van der Waals surface area contributed by atoms with Gasteiger partial charge in [-0.3, -0.25) is 4.79 Å². The maximum Gasteiger partial charge on any atom is 0.257 e. The first kappa shape index (κ1) is 14.2. The van der Waals surface area contributed by atoms with Gasteiger partial charge < -0.3 is 19.9 Å². The number of nitrogens with one attached hydrogen (secondary N) is 1. The van der Waals surface area contributed by atoms with E-state index in [9.17, 15) is 4.79 Å². The van der Waals surface area contributed by atoms with E-state index < -0.39 is 0 Å². The van der Waals surface area contributed by atoms with Crippen molar-refractivity contribution < 1.29 is 9.53 Å². The number of fused-ring (bicyclic) bond motifs is 1. The summed E-state index contributed by atoms with van der Waals surface area (Å²) >= 11 is 0. The van der Waals surface area contributed by atoms with Crippen LogP contribution < -0.4 is 10.1 Å². The van der Waals surface area contributed by atoms with Gasteiger partial charge in [0.2, 0.25) is 0 Å². The van der Waals surface area contributed by atoms with Crippen LogP contribution in [0.3, 0.4) is 0 Å². The van der Waals surface area contributed by atoms with Crippen molar-refractivity contribution in [3.63, 3.8) is 0 Å². The third kappa shape index (κ3) is 2.83. The van der Waals surface area contributed by atoms with Crippen LogP contribution in [0.25, 0.3) is 0 Å². The minimum Gasteiger partial charge on any atom is -0.489 e. The molecule has 1 aromatic rings. The summed E-state index contributed by atoms with van der Waals surface area (Å²) in [5.74, 6) is 0.733. The number of nitrogens with zero attached hydrogens (tertiary/aromatic N) is 2. The molecule has 5 nitrogen and oxygen atoms in total. The Balaban J connectivity index is 1.75. The topological polar surface area (TPSA) is 44.8 Å². The van der Waals surface area contributed by atoms with Crippen LogP contribution in [0.4, 0.5) is 5.69 Å². The highest BCUT2D eigenvalue weighted by Crippen LogP contribution is 2.32. The van der Waals surface area contributed by atoms with Gasteiger partial charge in [0.1, 0.15) is 6.61 Å². The monoisotopic (exact) mass is 289 g/mol. The number of para-hydroxylation sites is 1. The molecule has 2 heterocycles. The Labute approximate surface area is 125 Å². The standard InChI is InChI=1S/C16H23N3O2/c1-18-9-4-5-12(18)11-19(2)16(20)13-6-3-7-14-15(13)21-10-8-17-14/h3,6-7,12,17H,4-5,8-11H2,1-2H3. The molecule has 2 aliphatic rings. The van der Waals surface area contributed by atoms with Crippen LogP contribution in [0.2, 0.25) is 0 Å². The van der Waals surface area contributed by atoms with Gasteiger partial charge in [0.15, 0.2) is 5.75 Å². The Kier molecular flexibility index (Phi) is 4.01. The number of amides is 1. The van der Waals surface area contributed by atoms with Gasteiger partial charge >= 0.3 is 0 Å². The van der Waals surface area contributed by atoms with Crippen molar-refractivity contribution in [1.29, 1.82) is 0 Å². The van der Waals surface area contributed by atoms with Gasteiger partial charge in [-0.1, -0.05) is 6.07 Å². The van der Waals surface area contributed by atoms with Gasteiger partial charge in [-0.2, -0.15) is 0 Å². The number of hydrogen-bond acceptors (Lipinski definition) is 4. The van der Waals surface area contributed by atoms with Crippen LogP contribution in [-0.2, 0) is 0 Å². The number of likely N-dealkylation sites (N-methyl/N-ethyl adjacent to an activating group) is 2. The summed E-state index contributed by atoms with van der Waals surface area (Å²) < 4.78 is 5.70. The van der Waals surface area contributed by atoms with Crippen LogP contribution in [0.1, 0.15) is 23.2 Å². The molecule has 1 amide bonds. The molecule has 1 aromatic carbocycles. The quantitative estimate of drug-likeness (QED) is 0.919. The normalized spacial score (nSPS) is 21.3. The second-order valence-electron chi connectivity index (χ2n) is 5.92. The zero-order chi connectivity index (χ0) is 14.8. The highest BCUT2D eigenvalue weighted by atomic mass is 16.5. The average Bonchev–Trinajstić information content (AvgIpc) is 2.91. The Morgan fingerprint density at radius 3 is 3.14 bits per heavy atom. The Morgan fingerprint density at radius 2 is 2.38 bits per heavy atom. The zero-order valence-corrected chi connectivity index (χ0v) is 12.8. The molecular weight excluding hydrogens is 266 g/mol. The number of carbonyl (C=O) groups excluding carboxylic acids is 1. The average molecular weight is 289 g/mol. The second-order valence-corrected chi connectivity index (χ2v) is 5.92. The van der Waals surface area contributed by atoms with E-state index in [2.05, 4.69) is 17.3 Å². The van der Waals surface area contributed by atoms with E-state index >= 15 is 0 Å². The minimum atomic E-state index is 0.0378. The molecule has 0 saturated carbocycles. The number of rotatable bonds is 3. The fourth-order valence-corrected chi connectivity index (χ4v) is 3.15. The lowest BCUT2D eigenvalue weighted by Crippen LogP contribution is -2.39. The molecule has 0 bridgehead atoms. The third-order valence-electron chi connectivity index (χ3n) is 4.41. The first-order chi connectivity index (χ1) is 10.2. The zero-order valence-electron chi connectivity index (χ0n) is 12.8. The van der Waals surface area contributed by atoms with Gasteiger partial charge in [0.05, 0.1) is 11.3 Å². The summed E-state index contributed by atoms with van der Waals surface area (Å²) in [6, 6.07) is 6.18.